The molecule has 5 heteroatoms. The first kappa shape index (κ1) is 12.5. The molecule has 1 heterocycles. The summed E-state index contributed by atoms with van der Waals surface area (Å²) in [5, 5.41) is 0. The summed E-state index contributed by atoms with van der Waals surface area (Å²) < 4.78 is 29.6. The number of alkyl halides is 2. The zero-order valence-corrected chi connectivity index (χ0v) is 9.17. The zero-order valence-electron chi connectivity index (χ0n) is 9.17. The lowest BCUT2D eigenvalue weighted by molar-refractivity contribution is -0.142. The molecule has 0 aliphatic rings. The van der Waals surface area contributed by atoms with Gasteiger partial charge in [0.05, 0.1) is 13.0 Å². The number of hydrogen-bond acceptors (Lipinski definition) is 3. The van der Waals surface area contributed by atoms with Crippen molar-refractivity contribution in [2.75, 3.05) is 6.61 Å². The monoisotopic (exact) mass is 229 g/mol. The summed E-state index contributed by atoms with van der Waals surface area (Å²) in [6.45, 7) is 3.64. The number of nitrogens with zero attached hydrogens (tertiary/aromatic N) is 1. The van der Waals surface area contributed by atoms with Gasteiger partial charge in [-0.05, 0) is 25.5 Å². The maximum atomic E-state index is 12.4. The van der Waals surface area contributed by atoms with Crippen molar-refractivity contribution in [1.29, 1.82) is 0 Å². The Labute approximate surface area is 92.4 Å². The average molecular weight is 229 g/mol. The van der Waals surface area contributed by atoms with Crippen molar-refractivity contribution < 1.29 is 18.3 Å². The van der Waals surface area contributed by atoms with Gasteiger partial charge < -0.3 is 4.74 Å². The first-order valence-corrected chi connectivity index (χ1v) is 4.93. The number of halogens is 2. The number of carbonyl (C=O) groups excluding carboxylic acids is 1. The molecule has 0 aliphatic heterocycles. The highest BCUT2D eigenvalue weighted by atomic mass is 19.3. The molecule has 0 fully saturated rings. The lowest BCUT2D eigenvalue weighted by atomic mass is 10.1. The van der Waals surface area contributed by atoms with Crippen molar-refractivity contribution in [3.05, 3.63) is 29.1 Å². The largest absolute Gasteiger partial charge is 0.466 e. The lowest BCUT2D eigenvalue weighted by Crippen LogP contribution is -2.09. The van der Waals surface area contributed by atoms with E-state index in [-0.39, 0.29) is 18.6 Å². The number of esters is 1. The third kappa shape index (κ3) is 3.25. The van der Waals surface area contributed by atoms with Gasteiger partial charge in [0.1, 0.15) is 0 Å². The van der Waals surface area contributed by atoms with Gasteiger partial charge in [-0.25, -0.2) is 8.78 Å². The molecule has 3 nitrogen and oxygen atoms in total. The van der Waals surface area contributed by atoms with Crippen molar-refractivity contribution in [2.24, 2.45) is 0 Å². The fourth-order valence-corrected chi connectivity index (χ4v) is 1.26. The number of rotatable bonds is 4. The summed E-state index contributed by atoms with van der Waals surface area (Å²) in [5.41, 5.74) is 0.874. The summed E-state index contributed by atoms with van der Waals surface area (Å²) in [7, 11) is 0. The van der Waals surface area contributed by atoms with Crippen LogP contribution in [0, 0.1) is 6.92 Å². The number of aromatic nitrogens is 1. The normalized spacial score (nSPS) is 10.6. The third-order valence-corrected chi connectivity index (χ3v) is 2.10. The summed E-state index contributed by atoms with van der Waals surface area (Å²) in [5.74, 6) is -0.432. The molecular formula is C11H13F2NO2. The molecule has 0 saturated heterocycles. The van der Waals surface area contributed by atoms with E-state index in [0.29, 0.717) is 11.3 Å². The maximum Gasteiger partial charge on any atom is 0.310 e. The molecule has 0 unspecified atom stereocenters. The second kappa shape index (κ2) is 5.53. The van der Waals surface area contributed by atoms with Crippen molar-refractivity contribution in [3.8, 4) is 0 Å². The number of pyridine rings is 1. The Kier molecular flexibility index (Phi) is 4.34. The van der Waals surface area contributed by atoms with E-state index in [9.17, 15) is 13.6 Å². The van der Waals surface area contributed by atoms with E-state index in [1.54, 1.807) is 13.8 Å². The quantitative estimate of drug-likeness (QED) is 0.744. The van der Waals surface area contributed by atoms with Crippen LogP contribution in [0.25, 0.3) is 0 Å². The van der Waals surface area contributed by atoms with Crippen molar-refractivity contribution in [3.63, 3.8) is 0 Å². The van der Waals surface area contributed by atoms with Crippen molar-refractivity contribution in [2.45, 2.75) is 26.7 Å². The van der Waals surface area contributed by atoms with Gasteiger partial charge in [-0.15, -0.1) is 0 Å². The van der Waals surface area contributed by atoms with Crippen LogP contribution >= 0.6 is 0 Å². The molecule has 0 N–H and O–H groups in total. The predicted octanol–water partition coefficient (Wildman–Crippen LogP) is 2.43. The summed E-state index contributed by atoms with van der Waals surface area (Å²) in [4.78, 5) is 15.0. The molecule has 0 spiro atoms. The number of aryl methyl sites for hydroxylation is 1. The lowest BCUT2D eigenvalue weighted by Gasteiger charge is -2.07. The van der Waals surface area contributed by atoms with Crippen molar-refractivity contribution in [1.82, 2.24) is 4.98 Å². The fourth-order valence-electron chi connectivity index (χ4n) is 1.26. The molecule has 1 aromatic rings. The predicted molar refractivity (Wildman–Crippen MR) is 54.3 cm³/mol. The van der Waals surface area contributed by atoms with E-state index in [0.717, 1.165) is 6.20 Å². The molecule has 1 rings (SSSR count). The van der Waals surface area contributed by atoms with E-state index >= 15 is 0 Å². The van der Waals surface area contributed by atoms with E-state index in [4.69, 9.17) is 4.74 Å². The molecule has 0 bridgehead atoms. The summed E-state index contributed by atoms with van der Waals surface area (Å²) in [6.07, 6.45) is -1.48. The van der Waals surface area contributed by atoms with Gasteiger partial charge in [0, 0.05) is 17.5 Å². The SMILES string of the molecule is CCOC(=O)Cc1cc(C(F)F)cnc1C. The maximum absolute atomic E-state index is 12.4. The van der Waals surface area contributed by atoms with E-state index in [1.807, 2.05) is 0 Å². The van der Waals surface area contributed by atoms with E-state index in [2.05, 4.69) is 4.98 Å². The molecule has 16 heavy (non-hydrogen) atoms. The van der Waals surface area contributed by atoms with Crippen LogP contribution in [0.5, 0.6) is 0 Å². The van der Waals surface area contributed by atoms with Gasteiger partial charge in [-0.3, -0.25) is 9.78 Å². The molecule has 0 amide bonds. The fraction of sp³-hybridized carbons (Fsp3) is 0.455. The Hall–Kier alpha value is -1.52. The summed E-state index contributed by atoms with van der Waals surface area (Å²) >= 11 is 0. The second-order valence-electron chi connectivity index (χ2n) is 3.30. The first-order valence-electron chi connectivity index (χ1n) is 4.93. The Bertz CT molecular complexity index is 380. The van der Waals surface area contributed by atoms with Gasteiger partial charge >= 0.3 is 5.97 Å². The van der Waals surface area contributed by atoms with Gasteiger partial charge in [-0.2, -0.15) is 0 Å². The van der Waals surface area contributed by atoms with Crippen LogP contribution in [0.4, 0.5) is 8.78 Å². The van der Waals surface area contributed by atoms with Gasteiger partial charge in [0.15, 0.2) is 0 Å². The van der Waals surface area contributed by atoms with Gasteiger partial charge in [0.25, 0.3) is 6.43 Å². The zero-order chi connectivity index (χ0) is 12.1. The number of ether oxygens (including phenoxy) is 1. The minimum Gasteiger partial charge on any atom is -0.466 e. The Balaban J connectivity index is 2.86. The van der Waals surface area contributed by atoms with E-state index in [1.165, 1.54) is 6.07 Å². The Morgan fingerprint density at radius 3 is 2.81 bits per heavy atom. The highest BCUT2D eigenvalue weighted by Crippen LogP contribution is 2.20. The number of hydrogen-bond donors (Lipinski definition) is 0. The number of carbonyl (C=O) groups is 1. The van der Waals surface area contributed by atoms with Crippen LogP contribution in [0.15, 0.2) is 12.3 Å². The average Bonchev–Trinajstić information content (AvgIpc) is 2.21. The standard InChI is InChI=1S/C11H13F2NO2/c1-3-16-10(15)5-8-4-9(11(12)13)6-14-7(8)2/h4,6,11H,3,5H2,1-2H3. The van der Waals surface area contributed by atoms with Gasteiger partial charge in [-0.1, -0.05) is 0 Å². The van der Waals surface area contributed by atoms with Gasteiger partial charge in [0.2, 0.25) is 0 Å². The molecule has 0 atom stereocenters. The Morgan fingerprint density at radius 2 is 2.25 bits per heavy atom. The highest BCUT2D eigenvalue weighted by molar-refractivity contribution is 5.72. The first-order chi connectivity index (χ1) is 7.54. The minimum atomic E-state index is -2.57. The molecule has 0 saturated carbocycles. The molecule has 0 radical (unpaired) electrons. The molecular weight excluding hydrogens is 216 g/mol. The smallest absolute Gasteiger partial charge is 0.310 e. The Morgan fingerprint density at radius 1 is 1.56 bits per heavy atom. The molecule has 0 aliphatic carbocycles. The van der Waals surface area contributed by atoms with Crippen LogP contribution in [-0.2, 0) is 16.0 Å². The minimum absolute atomic E-state index is 0.0206. The topological polar surface area (TPSA) is 39.2 Å². The second-order valence-corrected chi connectivity index (χ2v) is 3.30. The van der Waals surface area contributed by atoms with Crippen LogP contribution in [0.2, 0.25) is 0 Å². The van der Waals surface area contributed by atoms with Crippen LogP contribution in [0.1, 0.15) is 30.2 Å². The molecule has 1 aromatic heterocycles. The van der Waals surface area contributed by atoms with Crippen LogP contribution in [-0.4, -0.2) is 17.6 Å². The van der Waals surface area contributed by atoms with Crippen LogP contribution < -0.4 is 0 Å². The molecule has 0 aromatic carbocycles. The highest BCUT2D eigenvalue weighted by Gasteiger charge is 2.12. The van der Waals surface area contributed by atoms with Crippen LogP contribution in [0.3, 0.4) is 0 Å². The third-order valence-electron chi connectivity index (χ3n) is 2.10. The summed E-state index contributed by atoms with van der Waals surface area (Å²) in [6, 6.07) is 1.30. The molecule has 88 valence electrons. The van der Waals surface area contributed by atoms with E-state index < -0.39 is 12.4 Å². The van der Waals surface area contributed by atoms with Crippen molar-refractivity contribution >= 4 is 5.97 Å².